The van der Waals surface area contributed by atoms with Crippen molar-refractivity contribution in [3.8, 4) is 0 Å². The number of likely N-dealkylation sites (tertiary alicyclic amines) is 1. The largest absolute Gasteiger partial charge is 0.325 e. The fraction of sp³-hybridized carbons (Fsp3) is 0.500. The minimum atomic E-state index is -0.499. The number of rotatable bonds is 2. The Labute approximate surface area is 118 Å². The smallest absolute Gasteiger partial charge is 0.281 e. The molecule has 1 saturated carbocycles. The molecule has 1 N–H and O–H groups in total. The van der Waals surface area contributed by atoms with Crippen LogP contribution in [0.2, 0.25) is 0 Å². The fourth-order valence-electron chi connectivity index (χ4n) is 3.64. The van der Waals surface area contributed by atoms with Gasteiger partial charge in [0, 0.05) is 18.8 Å². The number of fused-ring (bicyclic) bond motifs is 2. The second-order valence-corrected chi connectivity index (χ2v) is 6.27. The number of hydrogen-bond donors (Lipinski definition) is 1. The van der Waals surface area contributed by atoms with Crippen LogP contribution >= 0.6 is 0 Å². The third-order valence-electron chi connectivity index (χ3n) is 4.89. The van der Waals surface area contributed by atoms with Crippen molar-refractivity contribution in [1.29, 1.82) is 0 Å². The van der Waals surface area contributed by atoms with Crippen LogP contribution in [0.25, 0.3) is 4.85 Å². The molecule has 1 amide bonds. The predicted octanol–water partition coefficient (Wildman–Crippen LogP) is 2.24. The Hall–Kier alpha value is -1.86. The van der Waals surface area contributed by atoms with Gasteiger partial charge >= 0.3 is 0 Å². The van der Waals surface area contributed by atoms with Crippen molar-refractivity contribution in [3.05, 3.63) is 41.2 Å². The summed E-state index contributed by atoms with van der Waals surface area (Å²) in [7, 11) is 0. The third-order valence-corrected chi connectivity index (χ3v) is 4.89. The van der Waals surface area contributed by atoms with E-state index in [-0.39, 0.29) is 12.1 Å². The van der Waals surface area contributed by atoms with E-state index in [0.717, 1.165) is 23.7 Å². The Morgan fingerprint density at radius 2 is 2.20 bits per heavy atom. The van der Waals surface area contributed by atoms with E-state index in [4.69, 9.17) is 6.57 Å². The first-order valence-electron chi connectivity index (χ1n) is 7.24. The zero-order valence-electron chi connectivity index (χ0n) is 11.3. The molecule has 2 atom stereocenters. The zero-order valence-corrected chi connectivity index (χ0v) is 11.3. The molecule has 1 aromatic rings. The average molecular weight is 267 g/mol. The molecule has 4 nitrogen and oxygen atoms in total. The minimum absolute atomic E-state index is 0.0747. The van der Waals surface area contributed by atoms with Gasteiger partial charge in [0.25, 0.3) is 6.17 Å². The summed E-state index contributed by atoms with van der Waals surface area (Å²) in [5, 5.41) is 3.00. The molecule has 1 aliphatic carbocycles. The highest BCUT2D eigenvalue weighted by molar-refractivity contribution is 6.06. The number of nitrogens with one attached hydrogen (secondary N) is 1. The lowest BCUT2D eigenvalue weighted by Gasteiger charge is -2.21. The maximum Gasteiger partial charge on any atom is 0.281 e. The molecular weight excluding hydrogens is 250 g/mol. The Bertz CT molecular complexity index is 616. The summed E-state index contributed by atoms with van der Waals surface area (Å²) < 4.78 is 0. The Morgan fingerprint density at radius 1 is 1.40 bits per heavy atom. The van der Waals surface area contributed by atoms with E-state index < -0.39 is 5.41 Å². The highest BCUT2D eigenvalue weighted by atomic mass is 16.2. The van der Waals surface area contributed by atoms with Crippen LogP contribution in [-0.4, -0.2) is 30.1 Å². The van der Waals surface area contributed by atoms with Gasteiger partial charge in [-0.2, -0.15) is 0 Å². The fourth-order valence-corrected chi connectivity index (χ4v) is 3.64. The lowest BCUT2D eigenvalue weighted by atomic mass is 9.80. The summed E-state index contributed by atoms with van der Waals surface area (Å²) in [6.07, 6.45) is 3.03. The van der Waals surface area contributed by atoms with Crippen LogP contribution < -0.4 is 5.32 Å². The van der Waals surface area contributed by atoms with Crippen LogP contribution in [0.5, 0.6) is 0 Å². The highest BCUT2D eigenvalue weighted by Gasteiger charge is 2.57. The van der Waals surface area contributed by atoms with Gasteiger partial charge in [0.15, 0.2) is 0 Å². The molecule has 102 valence electrons. The van der Waals surface area contributed by atoms with E-state index in [2.05, 4.69) is 15.1 Å². The number of hydrogen-bond acceptors (Lipinski definition) is 2. The third kappa shape index (κ3) is 1.60. The Morgan fingerprint density at radius 3 is 2.95 bits per heavy atom. The molecule has 1 aromatic carbocycles. The van der Waals surface area contributed by atoms with E-state index >= 15 is 0 Å². The van der Waals surface area contributed by atoms with Gasteiger partial charge in [-0.25, -0.2) is 11.5 Å². The first-order chi connectivity index (χ1) is 9.73. The van der Waals surface area contributed by atoms with Gasteiger partial charge in [-0.1, -0.05) is 18.2 Å². The second kappa shape index (κ2) is 4.07. The number of carbonyl (C=O) groups is 1. The monoisotopic (exact) mass is 267 g/mol. The van der Waals surface area contributed by atoms with Gasteiger partial charge < -0.3 is 5.32 Å². The van der Waals surface area contributed by atoms with Crippen LogP contribution in [0.1, 0.15) is 24.8 Å². The molecule has 20 heavy (non-hydrogen) atoms. The number of anilines is 1. The Kier molecular flexibility index (Phi) is 2.42. The van der Waals surface area contributed by atoms with E-state index in [1.807, 2.05) is 24.3 Å². The molecule has 0 aromatic heterocycles. The molecule has 0 bridgehead atoms. The first kappa shape index (κ1) is 11.9. The SMILES string of the molecule is [C-]#[N+][C@@H]1C[C@@]2(CN1CC1CC1)C(=O)Nc1ccccc12. The summed E-state index contributed by atoms with van der Waals surface area (Å²) in [6, 6.07) is 7.92. The molecular formula is C16H17N3O. The molecule has 2 aliphatic heterocycles. The van der Waals surface area contributed by atoms with Gasteiger partial charge in [0.2, 0.25) is 5.91 Å². The molecule has 1 spiro atoms. The van der Waals surface area contributed by atoms with Crippen molar-refractivity contribution >= 4 is 11.6 Å². The van der Waals surface area contributed by atoms with Crippen LogP contribution in [0.15, 0.2) is 24.3 Å². The van der Waals surface area contributed by atoms with Crippen LogP contribution in [0.4, 0.5) is 5.69 Å². The van der Waals surface area contributed by atoms with E-state index in [1.165, 1.54) is 12.8 Å². The lowest BCUT2D eigenvalue weighted by molar-refractivity contribution is -0.120. The van der Waals surface area contributed by atoms with E-state index in [1.54, 1.807) is 0 Å². The molecule has 1 saturated heterocycles. The van der Waals surface area contributed by atoms with E-state index in [0.29, 0.717) is 13.0 Å². The topological polar surface area (TPSA) is 36.7 Å². The molecule has 2 heterocycles. The minimum Gasteiger partial charge on any atom is -0.325 e. The van der Waals surface area contributed by atoms with Crippen molar-refractivity contribution < 1.29 is 4.79 Å². The van der Waals surface area contributed by atoms with Crippen LogP contribution in [0, 0.1) is 12.5 Å². The summed E-state index contributed by atoms with van der Waals surface area (Å²) in [6.45, 7) is 9.11. The maximum atomic E-state index is 12.5. The molecule has 2 fully saturated rings. The maximum absolute atomic E-state index is 12.5. The average Bonchev–Trinajstić information content (AvgIpc) is 3.12. The molecule has 0 radical (unpaired) electrons. The van der Waals surface area contributed by atoms with Gasteiger partial charge in [-0.15, -0.1) is 0 Å². The number of benzene rings is 1. The molecule has 3 aliphatic rings. The predicted molar refractivity (Wildman–Crippen MR) is 76.1 cm³/mol. The zero-order chi connectivity index (χ0) is 13.7. The van der Waals surface area contributed by atoms with Crippen molar-refractivity contribution in [2.75, 3.05) is 18.4 Å². The summed E-state index contributed by atoms with van der Waals surface area (Å²) in [5.74, 6) is 0.819. The van der Waals surface area contributed by atoms with Crippen molar-refractivity contribution in [1.82, 2.24) is 4.90 Å². The number of nitrogens with zero attached hydrogens (tertiary/aromatic N) is 2. The normalized spacial score (nSPS) is 32.1. The number of para-hydroxylation sites is 1. The van der Waals surface area contributed by atoms with Crippen molar-refractivity contribution in [3.63, 3.8) is 0 Å². The van der Waals surface area contributed by atoms with Crippen molar-refractivity contribution in [2.45, 2.75) is 30.8 Å². The highest BCUT2D eigenvalue weighted by Crippen LogP contribution is 2.47. The molecule has 0 unspecified atom stereocenters. The Balaban J connectivity index is 1.71. The summed E-state index contributed by atoms with van der Waals surface area (Å²) >= 11 is 0. The van der Waals surface area contributed by atoms with Crippen LogP contribution in [0.3, 0.4) is 0 Å². The number of amides is 1. The van der Waals surface area contributed by atoms with Crippen molar-refractivity contribution in [2.24, 2.45) is 5.92 Å². The molecule has 4 rings (SSSR count). The van der Waals surface area contributed by atoms with Gasteiger partial charge in [0.1, 0.15) is 0 Å². The summed E-state index contributed by atoms with van der Waals surface area (Å²) in [4.78, 5) is 18.5. The van der Waals surface area contributed by atoms with Gasteiger partial charge in [0.05, 0.1) is 11.8 Å². The van der Waals surface area contributed by atoms with Gasteiger partial charge in [-0.3, -0.25) is 9.64 Å². The van der Waals surface area contributed by atoms with Gasteiger partial charge in [-0.05, 0) is 30.4 Å². The van der Waals surface area contributed by atoms with Crippen LogP contribution in [-0.2, 0) is 10.2 Å². The standard InChI is InChI=1S/C16H17N3O/c1-17-14-8-16(10-19(14)9-11-6-7-11)12-4-2-3-5-13(12)18-15(16)20/h2-5,11,14H,6-10H2,(H,18,20)/t14-,16-/m0/s1. The van der Waals surface area contributed by atoms with E-state index in [9.17, 15) is 4.79 Å². The quantitative estimate of drug-likeness (QED) is 0.834. The molecule has 4 heteroatoms. The first-order valence-corrected chi connectivity index (χ1v) is 7.24. The second-order valence-electron chi connectivity index (χ2n) is 6.27. The summed E-state index contributed by atoms with van der Waals surface area (Å²) in [5.41, 5.74) is 1.51. The lowest BCUT2D eigenvalue weighted by Crippen LogP contribution is -2.38. The number of carbonyl (C=O) groups excluding carboxylic acids is 1.